The molecule has 42 heteroatoms. The van der Waals surface area contributed by atoms with E-state index in [0.717, 1.165) is 12.8 Å². The van der Waals surface area contributed by atoms with E-state index in [1.807, 2.05) is 6.92 Å². The minimum absolute atomic E-state index is 0.0651. The van der Waals surface area contributed by atoms with Gasteiger partial charge in [0.2, 0.25) is 17.7 Å². The zero-order valence-electron chi connectivity index (χ0n) is 57.8. The maximum atomic E-state index is 12.4. The van der Waals surface area contributed by atoms with Crippen LogP contribution in [-0.2, 0) is 80.8 Å². The number of carbonyl (C=O) groups is 5. The van der Waals surface area contributed by atoms with Crippen LogP contribution in [0.1, 0.15) is 97.3 Å². The fourth-order valence-corrected chi connectivity index (χ4v) is 11.7. The first-order chi connectivity index (χ1) is 49.5. The lowest BCUT2D eigenvalue weighted by molar-refractivity contribution is -0.366. The van der Waals surface area contributed by atoms with Crippen molar-refractivity contribution in [3.8, 4) is 0 Å². The number of unbranched alkanes of at least 4 members (excludes halogenated alkanes) is 3. The highest BCUT2D eigenvalue weighted by Gasteiger charge is 2.55. The van der Waals surface area contributed by atoms with Gasteiger partial charge in [-0.25, -0.2) is 5.43 Å². The van der Waals surface area contributed by atoms with Crippen LogP contribution >= 0.6 is 0 Å². The molecule has 0 spiro atoms. The third-order valence-corrected chi connectivity index (χ3v) is 18.1. The minimum Gasteiger partial charge on any atom is -0.394 e. The molecule has 3 amide bonds. The van der Waals surface area contributed by atoms with E-state index >= 15 is 0 Å². The summed E-state index contributed by atoms with van der Waals surface area (Å²) in [5.41, 5.74) is 10.7. The molecule has 0 unspecified atom stereocenters. The molecule has 6 heterocycles. The molecule has 6 aliphatic rings. The van der Waals surface area contributed by atoms with Gasteiger partial charge >= 0.3 is 0 Å². The molecule has 606 valence electrons. The average Bonchev–Trinajstić information content (AvgIpc) is 0.794. The first-order valence-corrected chi connectivity index (χ1v) is 34.8. The molecule has 6 saturated heterocycles. The highest BCUT2D eigenvalue weighted by Crippen LogP contribution is 2.34. The molecule has 0 bridgehead atoms. The van der Waals surface area contributed by atoms with Crippen molar-refractivity contribution in [3.63, 3.8) is 0 Å². The monoisotopic (exact) mass is 1520 g/mol. The number of ether oxygens (including phenoxy) is 12. The number of aliphatic hydroxyl groups is 20. The smallest absolute Gasteiger partial charge is 0.234 e. The largest absolute Gasteiger partial charge is 0.394 e. The summed E-state index contributed by atoms with van der Waals surface area (Å²) in [6.07, 6.45) is -45.0. The first kappa shape index (κ1) is 91.0. The van der Waals surface area contributed by atoms with Gasteiger partial charge < -0.3 is 175 Å². The van der Waals surface area contributed by atoms with Crippen LogP contribution in [0.2, 0.25) is 0 Å². The number of ketones is 2. The van der Waals surface area contributed by atoms with Crippen LogP contribution in [0.5, 0.6) is 0 Å². The molecular weight excluding hydrogens is 1410 g/mol. The Balaban J connectivity index is 0.000000378. The van der Waals surface area contributed by atoms with Crippen LogP contribution in [0, 0.1) is 0 Å². The van der Waals surface area contributed by atoms with Crippen molar-refractivity contribution in [2.45, 2.75) is 288 Å². The number of amides is 3. The number of rotatable bonds is 41. The molecule has 6 rings (SSSR count). The molecule has 6 fully saturated rings. The van der Waals surface area contributed by atoms with Gasteiger partial charge in [0.25, 0.3) is 0 Å². The van der Waals surface area contributed by atoms with Crippen molar-refractivity contribution in [1.29, 1.82) is 0 Å². The summed E-state index contributed by atoms with van der Waals surface area (Å²) in [5, 5.41) is 210. The van der Waals surface area contributed by atoms with Crippen molar-refractivity contribution in [1.82, 2.24) is 21.5 Å². The number of hydrogen-bond donors (Lipinski definition) is 25. The summed E-state index contributed by atoms with van der Waals surface area (Å²) in [7, 11) is 0. The van der Waals surface area contributed by atoms with Crippen molar-refractivity contribution in [2.75, 3.05) is 72.5 Å². The van der Waals surface area contributed by atoms with Gasteiger partial charge in [0.15, 0.2) is 37.7 Å². The Kier molecular flexibility index (Phi) is 40.4. The number of aliphatic hydroxyl groups excluding tert-OH is 20. The molecule has 0 aliphatic carbocycles. The van der Waals surface area contributed by atoms with Gasteiger partial charge in [0, 0.05) is 45.2 Å². The molecular formula is C62H111N5O37. The van der Waals surface area contributed by atoms with E-state index in [2.05, 4.69) is 21.5 Å². The van der Waals surface area contributed by atoms with Crippen LogP contribution in [0.4, 0.5) is 0 Å². The zero-order chi connectivity index (χ0) is 77.1. The second-order valence-corrected chi connectivity index (χ2v) is 25.9. The quantitative estimate of drug-likeness (QED) is 0.0200. The summed E-state index contributed by atoms with van der Waals surface area (Å²) in [6.45, 7) is -0.420. The number of hydrazine groups is 1. The number of nitrogens with one attached hydrogen (secondary N) is 4. The van der Waals surface area contributed by atoms with Gasteiger partial charge in [0.05, 0.1) is 58.9 Å². The minimum atomic E-state index is -1.91. The van der Waals surface area contributed by atoms with Crippen molar-refractivity contribution >= 4 is 29.3 Å². The van der Waals surface area contributed by atoms with Gasteiger partial charge in [-0.2, -0.15) is 0 Å². The van der Waals surface area contributed by atoms with Crippen molar-refractivity contribution < 1.29 is 183 Å². The predicted molar refractivity (Wildman–Crippen MR) is 341 cm³/mol. The predicted octanol–water partition coefficient (Wildman–Crippen LogP) is -12.7. The number of hydrogen-bond acceptors (Lipinski definition) is 39. The lowest BCUT2D eigenvalue weighted by Gasteiger charge is -2.46. The Morgan fingerprint density at radius 2 is 0.740 bits per heavy atom. The highest BCUT2D eigenvalue weighted by molar-refractivity contribution is 5.82. The Hall–Kier alpha value is -3.61. The zero-order valence-corrected chi connectivity index (χ0v) is 57.8. The molecule has 42 nitrogen and oxygen atoms in total. The number of carbonyl (C=O) groups excluding carboxylic acids is 5. The maximum Gasteiger partial charge on any atom is 0.234 e. The van der Waals surface area contributed by atoms with E-state index in [1.54, 1.807) is 0 Å². The van der Waals surface area contributed by atoms with E-state index in [1.165, 1.54) is 6.92 Å². The van der Waals surface area contributed by atoms with Gasteiger partial charge in [-0.15, -0.1) is 0 Å². The molecule has 104 heavy (non-hydrogen) atoms. The van der Waals surface area contributed by atoms with Gasteiger partial charge in [-0.1, -0.05) is 6.42 Å². The average molecular weight is 1520 g/mol. The molecule has 31 atom stereocenters. The van der Waals surface area contributed by atoms with Crippen LogP contribution in [0.15, 0.2) is 0 Å². The van der Waals surface area contributed by atoms with E-state index in [-0.39, 0.29) is 81.2 Å². The lowest BCUT2D eigenvalue weighted by Crippen LogP contribution is -2.65. The molecule has 0 saturated carbocycles. The maximum absolute atomic E-state index is 12.4. The third kappa shape index (κ3) is 26.6. The van der Waals surface area contributed by atoms with Crippen LogP contribution in [0.25, 0.3) is 0 Å². The molecule has 0 aromatic carbocycles. The Labute approximate surface area is 598 Å². The Morgan fingerprint density at radius 1 is 0.385 bits per heavy atom. The van der Waals surface area contributed by atoms with Crippen molar-refractivity contribution in [3.05, 3.63) is 0 Å². The van der Waals surface area contributed by atoms with Crippen LogP contribution in [-0.4, -0.2) is 394 Å². The number of nitrogens with two attached hydrogens (primary N) is 1. The third-order valence-electron chi connectivity index (χ3n) is 18.1. The van der Waals surface area contributed by atoms with Gasteiger partial charge in [-0.05, 0) is 65.3 Å². The summed E-state index contributed by atoms with van der Waals surface area (Å²) in [4.78, 5) is 60.2. The molecule has 0 aromatic heterocycles. The molecule has 0 aromatic rings. The number of Topliss-reactive ketones (excluding diaryl/α,β-unsaturated/α-hetero) is 2. The standard InChI is InChI=1S/C33H60N4O19.C29H51NO18/c1-15(40)16(6-4-5-9-34)36-37-21(42)8-3-2-7-20(41)35-10-11-51-32-29(50)30(56-33-28(49)26(47)23(44)18(13-39)54-33)24(45)19(55-32)14-52-31-27(48)25(46)22(43)17(12-38)53-31;1-2-30-17(34)8-4-3-6-13(33)7-5-9-43-28-25(42)26(48-29-24(41)22(39)19(36)15(11-32)46-29)20(37)16(47-28)12-44-27-23(40)21(38)18(35)14(10-31)45-27/h16-19,22-33,36,38-39,43-50H,2-14,34H2,1H3,(H,35,41)(H,37,42);14-16,18-29,31-32,35-42H,2-12H2,1H3,(H,30,34)/t16-,17+,18+,19+,22+,23+,24+,25-,26-,27-,28-,29-,30-,31-,32+,33+;14-,15-,16-,18-,19-,20-,21+,22+,23+,24+,25+,26+,27+,28+,29-/m01/s1. The summed E-state index contributed by atoms with van der Waals surface area (Å²) < 4.78 is 66.4. The highest BCUT2D eigenvalue weighted by atomic mass is 16.8. The van der Waals surface area contributed by atoms with E-state index in [4.69, 9.17) is 62.6 Å². The summed E-state index contributed by atoms with van der Waals surface area (Å²) >= 11 is 0. The first-order valence-electron chi connectivity index (χ1n) is 34.8. The van der Waals surface area contributed by atoms with E-state index in [9.17, 15) is 126 Å². The van der Waals surface area contributed by atoms with Crippen LogP contribution in [0.3, 0.4) is 0 Å². The molecule has 6 aliphatic heterocycles. The normalized spacial score (nSPS) is 38.5. The Bertz CT molecular complexity index is 2490. The second-order valence-electron chi connectivity index (χ2n) is 25.9. The van der Waals surface area contributed by atoms with E-state index < -0.39 is 230 Å². The van der Waals surface area contributed by atoms with Crippen LogP contribution < -0.4 is 27.2 Å². The summed E-state index contributed by atoms with van der Waals surface area (Å²) in [6, 6.07) is -0.528. The Morgan fingerprint density at radius 3 is 1.14 bits per heavy atom. The fraction of sp³-hybridized carbons (Fsp3) is 0.919. The molecule has 0 radical (unpaired) electrons. The second kappa shape index (κ2) is 46.1. The fourth-order valence-electron chi connectivity index (χ4n) is 11.7. The SMILES string of the molecule is CC(=O)[C@H](CCCCN)NNC(=O)CCCCC(=O)NCCO[C@@H]1O[C@H](CO[C@H]2O[C@H](CO)[C@@H](O)[C@H](O)[C@@H]2O)[C@@H](O)[C@H](O[C@H]2O[C@H](CO)[C@@H](O)[C@H](O)[C@@H]2O)[C@@H]1O.CCNC(=O)CCCCC(=O)CCCO[C@H]1O[C@H](CO[C@H]2O[C@H](CO)[C@@H](O)[C@H](O)[C@@H]2O)[C@@H](O)[C@H](O[C@H]2O[C@H](CO)[C@@H](O)[C@H](O)[C@@H]2O)[C@@H]1O. The lowest BCUT2D eigenvalue weighted by atomic mass is 9.96. The van der Waals surface area contributed by atoms with Crippen molar-refractivity contribution in [2.24, 2.45) is 5.73 Å². The summed E-state index contributed by atoms with van der Waals surface area (Å²) in [5.74, 6) is -0.985. The topological polar surface area (TPSA) is 675 Å². The van der Waals surface area contributed by atoms with E-state index in [0.29, 0.717) is 51.6 Å². The van der Waals surface area contributed by atoms with Gasteiger partial charge in [-0.3, -0.25) is 29.4 Å². The van der Waals surface area contributed by atoms with Gasteiger partial charge in [0.1, 0.15) is 158 Å². The molecule has 26 N–H and O–H groups in total.